The summed E-state index contributed by atoms with van der Waals surface area (Å²) in [5.74, 6) is -2.48. The number of carbonyl (C=O) groups excluding carboxylic acids is 3. The fraction of sp³-hybridized carbons (Fsp3) is 0.571. The monoisotopic (exact) mass is 206 g/mol. The molecule has 0 saturated carbocycles. The summed E-state index contributed by atoms with van der Waals surface area (Å²) >= 11 is 0. The van der Waals surface area contributed by atoms with Crippen molar-refractivity contribution in [1.29, 1.82) is 0 Å². The third-order valence-corrected chi connectivity index (χ3v) is 0.948. The van der Waals surface area contributed by atoms with Gasteiger partial charge in [0.05, 0.1) is 0 Å². The third kappa shape index (κ3) is 6.25. The van der Waals surface area contributed by atoms with E-state index in [2.05, 4.69) is 4.74 Å². The van der Waals surface area contributed by atoms with Gasteiger partial charge in [-0.2, -0.15) is 0 Å². The first-order valence-electron chi connectivity index (χ1n) is 3.33. The molecule has 0 aromatic rings. The van der Waals surface area contributed by atoms with Crippen LogP contribution in [0.2, 0.25) is 0 Å². The molecular formula is C7H10O4Ti. The zero-order chi connectivity index (χ0) is 8.85. The van der Waals surface area contributed by atoms with Gasteiger partial charge in [0.15, 0.2) is 0 Å². The second-order valence-electron chi connectivity index (χ2n) is 2.07. The summed E-state index contributed by atoms with van der Waals surface area (Å²) in [7, 11) is 0. The zero-order valence-electron chi connectivity index (χ0n) is 7.05. The van der Waals surface area contributed by atoms with Crippen LogP contribution in [0.5, 0.6) is 0 Å². The molecule has 12 heavy (non-hydrogen) atoms. The SMILES string of the molecule is CCCC(=O)OC(=O)C(C)=O.[Ti]. The summed E-state index contributed by atoms with van der Waals surface area (Å²) in [6.45, 7) is 2.83. The molecule has 0 atom stereocenters. The molecule has 0 aromatic heterocycles. The van der Waals surface area contributed by atoms with E-state index in [1.165, 1.54) is 0 Å². The third-order valence-electron chi connectivity index (χ3n) is 0.948. The van der Waals surface area contributed by atoms with Gasteiger partial charge in [-0.1, -0.05) is 6.92 Å². The normalized spacial score (nSPS) is 8.17. The molecule has 0 rings (SSSR count). The number of Topliss-reactive ketones (excluding diaryl/α,β-unsaturated/α-hetero) is 1. The molecule has 0 spiro atoms. The minimum atomic E-state index is -1.08. The van der Waals surface area contributed by atoms with Crippen molar-refractivity contribution in [3.8, 4) is 0 Å². The predicted octanol–water partition coefficient (Wildman–Crippen LogP) is 0.443. The molecule has 0 radical (unpaired) electrons. The van der Waals surface area contributed by atoms with Crippen molar-refractivity contribution in [1.82, 2.24) is 0 Å². The second-order valence-corrected chi connectivity index (χ2v) is 2.07. The molecule has 0 amide bonds. The second kappa shape index (κ2) is 7.19. The van der Waals surface area contributed by atoms with Gasteiger partial charge in [-0.25, -0.2) is 4.79 Å². The molecule has 0 saturated heterocycles. The van der Waals surface area contributed by atoms with E-state index in [9.17, 15) is 14.4 Å². The van der Waals surface area contributed by atoms with Crippen molar-refractivity contribution in [3.05, 3.63) is 0 Å². The van der Waals surface area contributed by atoms with E-state index >= 15 is 0 Å². The number of rotatable bonds is 3. The Morgan fingerprint density at radius 2 is 1.75 bits per heavy atom. The standard InChI is InChI=1S/C7H10O4.Ti/c1-3-4-6(9)11-7(10)5(2)8;/h3-4H2,1-2H3;. The van der Waals surface area contributed by atoms with Gasteiger partial charge >= 0.3 is 11.9 Å². The first-order chi connectivity index (χ1) is 5.07. The van der Waals surface area contributed by atoms with E-state index in [1.54, 1.807) is 6.92 Å². The average Bonchev–Trinajstić information content (AvgIpc) is 1.87. The van der Waals surface area contributed by atoms with Crippen LogP contribution in [-0.2, 0) is 40.8 Å². The molecule has 66 valence electrons. The van der Waals surface area contributed by atoms with Gasteiger partial charge in [0.1, 0.15) is 0 Å². The number of hydrogen-bond acceptors (Lipinski definition) is 4. The molecule has 0 unspecified atom stereocenters. The summed E-state index contributed by atoms with van der Waals surface area (Å²) in [5, 5.41) is 0. The number of esters is 2. The number of ketones is 1. The van der Waals surface area contributed by atoms with Crippen molar-refractivity contribution in [2.24, 2.45) is 0 Å². The molecule has 0 aromatic carbocycles. The Hall–Kier alpha value is -0.476. The Bertz CT molecular complexity index is 188. The summed E-state index contributed by atoms with van der Waals surface area (Å²) in [6, 6.07) is 0. The first kappa shape index (κ1) is 14.1. The fourth-order valence-corrected chi connectivity index (χ4v) is 0.430. The summed E-state index contributed by atoms with van der Waals surface area (Å²) in [4.78, 5) is 31.3. The van der Waals surface area contributed by atoms with Crippen LogP contribution in [0.1, 0.15) is 26.7 Å². The predicted molar refractivity (Wildman–Crippen MR) is 36.7 cm³/mol. The topological polar surface area (TPSA) is 60.4 Å². The van der Waals surface area contributed by atoms with Gasteiger partial charge in [0.25, 0.3) is 0 Å². The van der Waals surface area contributed by atoms with Crippen LogP contribution >= 0.6 is 0 Å². The van der Waals surface area contributed by atoms with Gasteiger partial charge in [-0.3, -0.25) is 9.59 Å². The molecular weight excluding hydrogens is 196 g/mol. The van der Waals surface area contributed by atoms with E-state index < -0.39 is 17.7 Å². The Morgan fingerprint density at radius 3 is 2.08 bits per heavy atom. The molecule has 4 nitrogen and oxygen atoms in total. The van der Waals surface area contributed by atoms with Gasteiger partial charge in [0, 0.05) is 35.1 Å². The first-order valence-corrected chi connectivity index (χ1v) is 3.33. The number of hydrogen-bond donors (Lipinski definition) is 0. The Kier molecular flexibility index (Phi) is 8.43. The van der Waals surface area contributed by atoms with Gasteiger partial charge in [-0.05, 0) is 6.42 Å². The quantitative estimate of drug-likeness (QED) is 0.291. The van der Waals surface area contributed by atoms with E-state index in [-0.39, 0.29) is 28.1 Å². The molecule has 0 aliphatic heterocycles. The fourth-order valence-electron chi connectivity index (χ4n) is 0.430. The van der Waals surface area contributed by atoms with Crippen LogP contribution in [0.4, 0.5) is 0 Å². The largest absolute Gasteiger partial charge is 0.387 e. The summed E-state index contributed by atoms with van der Waals surface area (Å²) in [5.41, 5.74) is 0. The molecule has 5 heteroatoms. The summed E-state index contributed by atoms with van der Waals surface area (Å²) < 4.78 is 4.12. The van der Waals surface area contributed by atoms with Crippen LogP contribution in [0, 0.1) is 0 Å². The van der Waals surface area contributed by atoms with Crippen molar-refractivity contribution < 1.29 is 40.8 Å². The van der Waals surface area contributed by atoms with Crippen LogP contribution in [-0.4, -0.2) is 17.7 Å². The van der Waals surface area contributed by atoms with E-state index in [0.717, 1.165) is 6.92 Å². The van der Waals surface area contributed by atoms with Crippen LogP contribution < -0.4 is 0 Å². The van der Waals surface area contributed by atoms with Crippen LogP contribution in [0.25, 0.3) is 0 Å². The molecule has 0 fully saturated rings. The zero-order valence-corrected chi connectivity index (χ0v) is 8.61. The Morgan fingerprint density at radius 1 is 1.25 bits per heavy atom. The van der Waals surface area contributed by atoms with E-state index in [0.29, 0.717) is 6.42 Å². The minimum Gasteiger partial charge on any atom is -0.387 e. The van der Waals surface area contributed by atoms with Gasteiger partial charge < -0.3 is 4.74 Å². The minimum absolute atomic E-state index is 0. The van der Waals surface area contributed by atoms with Crippen LogP contribution in [0.15, 0.2) is 0 Å². The number of carbonyl (C=O) groups is 3. The Balaban J connectivity index is 0. The maximum atomic E-state index is 10.6. The number of ether oxygens (including phenoxy) is 1. The van der Waals surface area contributed by atoms with Crippen molar-refractivity contribution in [2.75, 3.05) is 0 Å². The maximum Gasteiger partial charge on any atom is 0.381 e. The van der Waals surface area contributed by atoms with Crippen LogP contribution in [0.3, 0.4) is 0 Å². The van der Waals surface area contributed by atoms with Crippen molar-refractivity contribution in [2.45, 2.75) is 26.7 Å². The molecule has 0 heterocycles. The molecule has 0 aliphatic rings. The maximum absolute atomic E-state index is 10.6. The van der Waals surface area contributed by atoms with Crippen molar-refractivity contribution >= 4 is 17.7 Å². The van der Waals surface area contributed by atoms with Gasteiger partial charge in [0.2, 0.25) is 5.78 Å². The smallest absolute Gasteiger partial charge is 0.381 e. The van der Waals surface area contributed by atoms with E-state index in [1.807, 2.05) is 0 Å². The average molecular weight is 206 g/mol. The molecule has 0 bridgehead atoms. The molecule has 0 aliphatic carbocycles. The van der Waals surface area contributed by atoms with E-state index in [4.69, 9.17) is 0 Å². The Labute approximate surface area is 85.5 Å². The summed E-state index contributed by atoms with van der Waals surface area (Å²) in [6.07, 6.45) is 0.767. The molecule has 0 N–H and O–H groups in total. The van der Waals surface area contributed by atoms with Gasteiger partial charge in [-0.15, -0.1) is 0 Å². The van der Waals surface area contributed by atoms with Crippen molar-refractivity contribution in [3.63, 3.8) is 0 Å².